The van der Waals surface area contributed by atoms with Gasteiger partial charge in [-0.2, -0.15) is 0 Å². The Kier molecular flexibility index (Phi) is 6.90. The molecule has 0 aromatic heterocycles. The number of amides is 2. The molecule has 30 heavy (non-hydrogen) atoms. The maximum atomic E-state index is 13.2. The van der Waals surface area contributed by atoms with E-state index in [1.54, 1.807) is 7.11 Å². The molecule has 2 amide bonds. The van der Waals surface area contributed by atoms with Crippen molar-refractivity contribution in [2.24, 2.45) is 0 Å². The third kappa shape index (κ3) is 4.54. The van der Waals surface area contributed by atoms with Crippen LogP contribution in [0.3, 0.4) is 0 Å². The van der Waals surface area contributed by atoms with Gasteiger partial charge in [0, 0.05) is 25.9 Å². The molecule has 0 fully saturated rings. The third-order valence-electron chi connectivity index (χ3n) is 5.13. The van der Waals surface area contributed by atoms with Gasteiger partial charge < -0.3 is 14.8 Å². The van der Waals surface area contributed by atoms with Crippen molar-refractivity contribution in [2.75, 3.05) is 32.2 Å². The highest BCUT2D eigenvalue weighted by atomic mass is 16.5. The van der Waals surface area contributed by atoms with Gasteiger partial charge in [0.05, 0.1) is 12.2 Å². The van der Waals surface area contributed by atoms with Crippen molar-refractivity contribution in [3.63, 3.8) is 0 Å². The summed E-state index contributed by atoms with van der Waals surface area (Å²) in [6.45, 7) is 7.32. The van der Waals surface area contributed by atoms with E-state index in [0.717, 1.165) is 22.6 Å². The van der Waals surface area contributed by atoms with Gasteiger partial charge in [-0.1, -0.05) is 18.2 Å². The van der Waals surface area contributed by atoms with Gasteiger partial charge in [0.1, 0.15) is 11.4 Å². The smallest absolute Gasteiger partial charge is 0.278 e. The lowest BCUT2D eigenvalue weighted by Crippen LogP contribution is -2.33. The van der Waals surface area contributed by atoms with Crippen molar-refractivity contribution >= 4 is 23.1 Å². The summed E-state index contributed by atoms with van der Waals surface area (Å²) in [5.74, 6) is 0.101. The first-order chi connectivity index (χ1) is 14.5. The zero-order valence-electron chi connectivity index (χ0n) is 18.0. The Balaban J connectivity index is 1.98. The average molecular weight is 408 g/mol. The van der Waals surface area contributed by atoms with E-state index in [4.69, 9.17) is 9.47 Å². The van der Waals surface area contributed by atoms with Crippen molar-refractivity contribution in [1.29, 1.82) is 0 Å². The number of hydrogen-bond donors (Lipinski definition) is 1. The third-order valence-corrected chi connectivity index (χ3v) is 5.13. The van der Waals surface area contributed by atoms with E-state index in [-0.39, 0.29) is 11.8 Å². The van der Waals surface area contributed by atoms with Crippen LogP contribution >= 0.6 is 0 Å². The highest BCUT2D eigenvalue weighted by Crippen LogP contribution is 2.32. The topological polar surface area (TPSA) is 67.9 Å². The SMILES string of the molecule is CCOc1ccc(C2=C(Nc3ccc(C)c(C)c3)C(=O)N(CCCOC)C2=O)cc1. The van der Waals surface area contributed by atoms with Gasteiger partial charge in [0.2, 0.25) is 0 Å². The highest BCUT2D eigenvalue weighted by Gasteiger charge is 2.38. The van der Waals surface area contributed by atoms with Crippen LogP contribution in [0.15, 0.2) is 48.2 Å². The molecule has 6 nitrogen and oxygen atoms in total. The summed E-state index contributed by atoms with van der Waals surface area (Å²) in [6.07, 6.45) is 0.585. The van der Waals surface area contributed by atoms with Crippen molar-refractivity contribution in [2.45, 2.75) is 27.2 Å². The lowest BCUT2D eigenvalue weighted by Gasteiger charge is -2.15. The molecule has 1 aliphatic heterocycles. The molecule has 0 bridgehead atoms. The number of nitrogens with zero attached hydrogens (tertiary/aromatic N) is 1. The van der Waals surface area contributed by atoms with E-state index >= 15 is 0 Å². The largest absolute Gasteiger partial charge is 0.494 e. The number of carbonyl (C=O) groups excluding carboxylic acids is 2. The Morgan fingerprint density at radius 1 is 0.967 bits per heavy atom. The van der Waals surface area contributed by atoms with Gasteiger partial charge >= 0.3 is 0 Å². The maximum absolute atomic E-state index is 13.2. The van der Waals surface area contributed by atoms with Crippen LogP contribution in [-0.4, -0.2) is 43.6 Å². The van der Waals surface area contributed by atoms with Crippen LogP contribution in [-0.2, 0) is 14.3 Å². The molecule has 6 heteroatoms. The number of carbonyl (C=O) groups is 2. The van der Waals surface area contributed by atoms with Crippen LogP contribution in [0.25, 0.3) is 5.57 Å². The fourth-order valence-electron chi connectivity index (χ4n) is 3.38. The minimum Gasteiger partial charge on any atom is -0.494 e. The Morgan fingerprint density at radius 2 is 1.70 bits per heavy atom. The van der Waals surface area contributed by atoms with E-state index in [1.807, 2.05) is 63.2 Å². The lowest BCUT2D eigenvalue weighted by molar-refractivity contribution is -0.136. The van der Waals surface area contributed by atoms with Gasteiger partial charge in [-0.15, -0.1) is 0 Å². The number of methoxy groups -OCH3 is 1. The molecule has 0 atom stereocenters. The van der Waals surface area contributed by atoms with Crippen molar-refractivity contribution in [3.05, 3.63) is 64.9 Å². The van der Waals surface area contributed by atoms with Crippen LogP contribution in [0.4, 0.5) is 5.69 Å². The second kappa shape index (κ2) is 9.59. The predicted octanol–water partition coefficient (Wildman–Crippen LogP) is 3.93. The molecule has 0 aliphatic carbocycles. The number of imide groups is 1. The molecule has 3 rings (SSSR count). The van der Waals surface area contributed by atoms with Crippen molar-refractivity contribution < 1.29 is 19.1 Å². The molecule has 0 unspecified atom stereocenters. The van der Waals surface area contributed by atoms with Gasteiger partial charge in [-0.3, -0.25) is 14.5 Å². The number of hydrogen-bond acceptors (Lipinski definition) is 5. The van der Waals surface area contributed by atoms with Crippen LogP contribution in [0, 0.1) is 13.8 Å². The molecule has 2 aromatic rings. The van der Waals surface area contributed by atoms with Crippen LogP contribution in [0.1, 0.15) is 30.0 Å². The second-order valence-electron chi connectivity index (χ2n) is 7.24. The first-order valence-corrected chi connectivity index (χ1v) is 10.1. The monoisotopic (exact) mass is 408 g/mol. The molecular weight excluding hydrogens is 380 g/mol. The number of aryl methyl sites for hydroxylation is 2. The van der Waals surface area contributed by atoms with Crippen LogP contribution in [0.2, 0.25) is 0 Å². The number of nitrogens with one attached hydrogen (secondary N) is 1. The van der Waals surface area contributed by atoms with Gasteiger partial charge in [-0.05, 0) is 68.1 Å². The van der Waals surface area contributed by atoms with Crippen LogP contribution < -0.4 is 10.1 Å². The van der Waals surface area contributed by atoms with Crippen molar-refractivity contribution in [3.8, 4) is 5.75 Å². The molecule has 1 heterocycles. The Hall–Kier alpha value is -3.12. The molecular formula is C24H28N2O4. The zero-order valence-corrected chi connectivity index (χ0v) is 18.0. The Labute approximate surface area is 177 Å². The van der Waals surface area contributed by atoms with Gasteiger partial charge in [0.15, 0.2) is 0 Å². The minimum atomic E-state index is -0.321. The first kappa shape index (κ1) is 21.6. The fourth-order valence-corrected chi connectivity index (χ4v) is 3.38. The Bertz CT molecular complexity index is 964. The molecule has 2 aromatic carbocycles. The summed E-state index contributed by atoms with van der Waals surface area (Å²) in [6, 6.07) is 13.1. The van der Waals surface area contributed by atoms with Gasteiger partial charge in [-0.25, -0.2) is 0 Å². The van der Waals surface area contributed by atoms with Gasteiger partial charge in [0.25, 0.3) is 11.8 Å². The number of benzene rings is 2. The number of ether oxygens (including phenoxy) is 2. The molecule has 158 valence electrons. The standard InChI is InChI=1S/C24H28N2O4/c1-5-30-20-11-8-18(9-12-20)21-22(25-19-10-7-16(2)17(3)15-19)24(28)26(23(21)27)13-6-14-29-4/h7-12,15,25H,5-6,13-14H2,1-4H3. The molecule has 1 aliphatic rings. The normalized spacial score (nSPS) is 13.9. The second-order valence-corrected chi connectivity index (χ2v) is 7.24. The van der Waals surface area contributed by atoms with E-state index in [0.29, 0.717) is 43.0 Å². The summed E-state index contributed by atoms with van der Waals surface area (Å²) >= 11 is 0. The molecule has 0 saturated heterocycles. The average Bonchev–Trinajstić information content (AvgIpc) is 2.96. The quantitative estimate of drug-likeness (QED) is 0.503. The fraction of sp³-hybridized carbons (Fsp3) is 0.333. The molecule has 0 spiro atoms. The number of rotatable bonds is 9. The zero-order chi connectivity index (χ0) is 21.7. The summed E-state index contributed by atoms with van der Waals surface area (Å²) in [7, 11) is 1.60. The predicted molar refractivity (Wildman–Crippen MR) is 117 cm³/mol. The number of anilines is 1. The minimum absolute atomic E-state index is 0.296. The van der Waals surface area contributed by atoms with E-state index in [1.165, 1.54) is 4.90 Å². The maximum Gasteiger partial charge on any atom is 0.278 e. The van der Waals surface area contributed by atoms with Crippen LogP contribution in [0.5, 0.6) is 5.75 Å². The van der Waals surface area contributed by atoms with E-state index in [9.17, 15) is 9.59 Å². The van der Waals surface area contributed by atoms with Crippen molar-refractivity contribution in [1.82, 2.24) is 4.90 Å². The molecule has 1 N–H and O–H groups in total. The summed E-state index contributed by atoms with van der Waals surface area (Å²) in [5, 5.41) is 3.20. The lowest BCUT2D eigenvalue weighted by atomic mass is 10.0. The molecule has 0 radical (unpaired) electrons. The summed E-state index contributed by atoms with van der Waals surface area (Å²) < 4.78 is 10.6. The van der Waals surface area contributed by atoms with E-state index < -0.39 is 0 Å². The molecule has 0 saturated carbocycles. The summed E-state index contributed by atoms with van der Waals surface area (Å²) in [5.41, 5.74) is 4.39. The summed E-state index contributed by atoms with van der Waals surface area (Å²) in [4.78, 5) is 27.6. The first-order valence-electron chi connectivity index (χ1n) is 10.1. The Morgan fingerprint density at radius 3 is 2.33 bits per heavy atom. The highest BCUT2D eigenvalue weighted by molar-refractivity contribution is 6.36. The van der Waals surface area contributed by atoms with E-state index in [2.05, 4.69) is 5.32 Å².